The van der Waals surface area contributed by atoms with Crippen LogP contribution in [0.3, 0.4) is 0 Å². The van der Waals surface area contributed by atoms with Crippen molar-refractivity contribution in [3.05, 3.63) is 34.7 Å². The summed E-state index contributed by atoms with van der Waals surface area (Å²) >= 11 is 1.01. The fraction of sp³-hybridized carbons (Fsp3) is 0.333. The Labute approximate surface area is 110 Å². The van der Waals surface area contributed by atoms with E-state index in [1.54, 1.807) is 24.3 Å². The van der Waals surface area contributed by atoms with E-state index >= 15 is 0 Å². The molecule has 0 saturated heterocycles. The lowest BCUT2D eigenvalue weighted by atomic mass is 10.2. The van der Waals surface area contributed by atoms with Crippen LogP contribution >= 0.6 is 11.8 Å². The molecule has 0 bridgehead atoms. The Hall–Kier alpha value is -1.50. The predicted octanol–water partition coefficient (Wildman–Crippen LogP) is 3.62. The van der Waals surface area contributed by atoms with E-state index in [0.717, 1.165) is 11.8 Å². The Balaban J connectivity index is 2.04. The van der Waals surface area contributed by atoms with Gasteiger partial charge in [0.1, 0.15) is 0 Å². The Bertz CT molecular complexity index is 624. The van der Waals surface area contributed by atoms with E-state index in [9.17, 15) is 18.0 Å². The fourth-order valence-corrected chi connectivity index (χ4v) is 2.25. The van der Waals surface area contributed by atoms with Crippen molar-refractivity contribution >= 4 is 22.7 Å². The maximum absolute atomic E-state index is 12.0. The minimum Gasteiger partial charge on any atom is -0.397 e. The highest BCUT2D eigenvalue weighted by Gasteiger charge is 2.26. The molecule has 1 heterocycles. The minimum absolute atomic E-state index is 0.0353. The monoisotopic (exact) mass is 289 g/mol. The molecular formula is C12H10F3NO2S. The van der Waals surface area contributed by atoms with E-state index in [0.29, 0.717) is 10.9 Å². The molecule has 0 atom stereocenters. The van der Waals surface area contributed by atoms with Gasteiger partial charge in [0.25, 0.3) is 5.22 Å². The van der Waals surface area contributed by atoms with Crippen LogP contribution in [0.15, 0.2) is 38.7 Å². The molecule has 0 aliphatic carbocycles. The first kappa shape index (κ1) is 13.9. The maximum atomic E-state index is 12.0. The summed E-state index contributed by atoms with van der Waals surface area (Å²) in [6.07, 6.45) is -5.04. The number of hydrogen-bond acceptors (Lipinski definition) is 4. The molecule has 3 nitrogen and oxygen atoms in total. The van der Waals surface area contributed by atoms with Crippen molar-refractivity contribution in [2.24, 2.45) is 0 Å². The van der Waals surface area contributed by atoms with Crippen molar-refractivity contribution in [2.75, 3.05) is 5.75 Å². The molecular weight excluding hydrogens is 279 g/mol. The maximum Gasteiger partial charge on any atom is 0.389 e. The van der Waals surface area contributed by atoms with Gasteiger partial charge in [-0.15, -0.1) is 0 Å². The smallest absolute Gasteiger partial charge is 0.389 e. The summed E-state index contributed by atoms with van der Waals surface area (Å²) in [6.45, 7) is 0. The molecule has 0 aliphatic heterocycles. The summed E-state index contributed by atoms with van der Waals surface area (Å²) < 4.78 is 40.8. The van der Waals surface area contributed by atoms with Gasteiger partial charge in [0.2, 0.25) is 0 Å². The average molecular weight is 289 g/mol. The molecule has 1 aromatic carbocycles. The number of halogens is 3. The van der Waals surface area contributed by atoms with Gasteiger partial charge in [0.05, 0.1) is 10.9 Å². The van der Waals surface area contributed by atoms with Crippen LogP contribution in [-0.2, 0) is 0 Å². The third-order valence-corrected chi connectivity index (χ3v) is 3.26. The molecule has 0 radical (unpaired) electrons. The number of fused-ring (bicyclic) bond motifs is 1. The van der Waals surface area contributed by atoms with Crippen LogP contribution in [0.5, 0.6) is 0 Å². The van der Waals surface area contributed by atoms with E-state index in [1.807, 2.05) is 0 Å². The number of alkyl halides is 3. The molecule has 0 amide bonds. The van der Waals surface area contributed by atoms with Crippen molar-refractivity contribution in [2.45, 2.75) is 24.2 Å². The van der Waals surface area contributed by atoms with Crippen LogP contribution in [0.1, 0.15) is 12.8 Å². The van der Waals surface area contributed by atoms with E-state index in [1.165, 1.54) is 0 Å². The molecule has 2 rings (SSSR count). The van der Waals surface area contributed by atoms with Gasteiger partial charge >= 0.3 is 11.8 Å². The molecule has 1 aromatic heterocycles. The second-order valence-electron chi connectivity index (χ2n) is 3.85. The Morgan fingerprint density at radius 1 is 1.26 bits per heavy atom. The number of thioether (sulfide) groups is 1. The topological polar surface area (TPSA) is 43.1 Å². The number of nitrogens with zero attached hydrogens (tertiary/aromatic N) is 1. The van der Waals surface area contributed by atoms with Crippen LogP contribution in [0.25, 0.3) is 10.9 Å². The van der Waals surface area contributed by atoms with Crippen LogP contribution in [0, 0.1) is 0 Å². The first-order valence-corrected chi connectivity index (χ1v) is 6.54. The minimum atomic E-state index is -4.15. The van der Waals surface area contributed by atoms with Gasteiger partial charge in [0, 0.05) is 12.2 Å². The molecule has 7 heteroatoms. The number of benzene rings is 1. The predicted molar refractivity (Wildman–Crippen MR) is 66.3 cm³/mol. The zero-order chi connectivity index (χ0) is 13.9. The third-order valence-electron chi connectivity index (χ3n) is 2.35. The Morgan fingerprint density at radius 2 is 2.00 bits per heavy atom. The highest BCUT2D eigenvalue weighted by atomic mass is 32.2. The van der Waals surface area contributed by atoms with Crippen molar-refractivity contribution in [3.63, 3.8) is 0 Å². The van der Waals surface area contributed by atoms with Gasteiger partial charge in [-0.1, -0.05) is 23.9 Å². The highest BCUT2D eigenvalue weighted by molar-refractivity contribution is 7.99. The summed E-state index contributed by atoms with van der Waals surface area (Å²) in [5.74, 6) is 0.202. The quantitative estimate of drug-likeness (QED) is 0.637. The first-order valence-electron chi connectivity index (χ1n) is 5.55. The summed E-state index contributed by atoms with van der Waals surface area (Å²) in [4.78, 5) is 15.7. The van der Waals surface area contributed by atoms with Gasteiger partial charge in [-0.25, -0.2) is 9.78 Å². The summed E-state index contributed by atoms with van der Waals surface area (Å²) in [5, 5.41) is 0.466. The van der Waals surface area contributed by atoms with Crippen molar-refractivity contribution < 1.29 is 17.6 Å². The zero-order valence-corrected chi connectivity index (χ0v) is 10.6. The summed E-state index contributed by atoms with van der Waals surface area (Å²) in [7, 11) is 0. The Kier molecular flexibility index (Phi) is 4.14. The average Bonchev–Trinajstić information content (AvgIpc) is 2.34. The molecule has 19 heavy (non-hydrogen) atoms. The van der Waals surface area contributed by atoms with E-state index < -0.39 is 18.2 Å². The van der Waals surface area contributed by atoms with Crippen LogP contribution in [-0.4, -0.2) is 16.9 Å². The van der Waals surface area contributed by atoms with Crippen molar-refractivity contribution in [1.29, 1.82) is 0 Å². The second kappa shape index (κ2) is 5.64. The Morgan fingerprint density at radius 3 is 2.74 bits per heavy atom. The SMILES string of the molecule is O=c1oc(SCCCC(F)(F)F)nc2ccccc12. The number of hydrogen-bond donors (Lipinski definition) is 0. The zero-order valence-electron chi connectivity index (χ0n) is 9.74. The van der Waals surface area contributed by atoms with Gasteiger partial charge < -0.3 is 4.42 Å². The van der Waals surface area contributed by atoms with Crippen LogP contribution in [0.4, 0.5) is 13.2 Å². The highest BCUT2D eigenvalue weighted by Crippen LogP contribution is 2.24. The molecule has 0 saturated carbocycles. The van der Waals surface area contributed by atoms with Crippen molar-refractivity contribution in [1.82, 2.24) is 4.98 Å². The summed E-state index contributed by atoms with van der Waals surface area (Å²) in [5.41, 5.74) is -0.0407. The van der Waals surface area contributed by atoms with E-state index in [-0.39, 0.29) is 17.4 Å². The second-order valence-corrected chi connectivity index (χ2v) is 4.90. The molecule has 0 unspecified atom stereocenters. The van der Waals surface area contributed by atoms with E-state index in [4.69, 9.17) is 4.42 Å². The number of aromatic nitrogens is 1. The first-order chi connectivity index (χ1) is 8.96. The molecule has 0 fully saturated rings. The van der Waals surface area contributed by atoms with Gasteiger partial charge in [-0.05, 0) is 18.6 Å². The molecule has 0 spiro atoms. The lowest BCUT2D eigenvalue weighted by Gasteiger charge is -2.04. The number of rotatable bonds is 4. The van der Waals surface area contributed by atoms with Crippen molar-refractivity contribution in [3.8, 4) is 0 Å². The van der Waals surface area contributed by atoms with Crippen LogP contribution < -0.4 is 5.63 Å². The van der Waals surface area contributed by atoms with Gasteiger partial charge in [-0.2, -0.15) is 13.2 Å². The van der Waals surface area contributed by atoms with E-state index in [2.05, 4.69) is 4.98 Å². The summed E-state index contributed by atoms with van der Waals surface area (Å²) in [6, 6.07) is 6.67. The standard InChI is InChI=1S/C12H10F3NO2S/c13-12(14,15)6-3-7-19-11-16-9-5-2-1-4-8(9)10(17)18-11/h1-2,4-5H,3,6-7H2. The normalized spacial score (nSPS) is 11.9. The lowest BCUT2D eigenvalue weighted by Crippen LogP contribution is -2.07. The third kappa shape index (κ3) is 3.99. The molecule has 102 valence electrons. The lowest BCUT2D eigenvalue weighted by molar-refractivity contribution is -0.134. The molecule has 2 aromatic rings. The number of para-hydroxylation sites is 1. The molecule has 0 aliphatic rings. The molecule has 0 N–H and O–H groups in total. The van der Waals surface area contributed by atoms with Gasteiger partial charge in [0.15, 0.2) is 0 Å². The largest absolute Gasteiger partial charge is 0.397 e. The fourth-order valence-electron chi connectivity index (χ4n) is 1.49. The van der Waals surface area contributed by atoms with Gasteiger partial charge in [-0.3, -0.25) is 0 Å². The van der Waals surface area contributed by atoms with Crippen LogP contribution in [0.2, 0.25) is 0 Å².